The van der Waals surface area contributed by atoms with Crippen LogP contribution < -0.4 is 0 Å². The molecule has 0 amide bonds. The highest BCUT2D eigenvalue weighted by Crippen LogP contribution is 2.20. The highest BCUT2D eigenvalue weighted by molar-refractivity contribution is 9.09. The van der Waals surface area contributed by atoms with Crippen LogP contribution in [0.1, 0.15) is 12.8 Å². The van der Waals surface area contributed by atoms with Gasteiger partial charge in [0, 0.05) is 11.8 Å². The molecule has 0 spiro atoms. The van der Waals surface area contributed by atoms with E-state index in [9.17, 15) is 13.6 Å². The van der Waals surface area contributed by atoms with E-state index in [-0.39, 0.29) is 6.42 Å². The average Bonchev–Trinajstić information content (AvgIpc) is 1.84. The average molecular weight is 217 g/mol. The zero-order valence-corrected chi connectivity index (χ0v) is 6.70. The molecule has 0 saturated carbocycles. The maximum atomic E-state index is 12.1. The Kier molecular flexibility index (Phi) is 3.78. The lowest BCUT2D eigenvalue weighted by atomic mass is 10.2. The second-order valence-corrected chi connectivity index (χ2v) is 2.60. The number of carbonyl (C=O) groups is 1. The minimum absolute atomic E-state index is 0.166. The monoisotopic (exact) mass is 216 g/mol. The van der Waals surface area contributed by atoms with Gasteiger partial charge in [-0.25, -0.2) is 4.79 Å². The molecule has 10 heavy (non-hydrogen) atoms. The van der Waals surface area contributed by atoms with E-state index in [2.05, 4.69) is 15.9 Å². The quantitative estimate of drug-likeness (QED) is 0.730. The number of aliphatic carboxylic acids is 1. The summed E-state index contributed by atoms with van der Waals surface area (Å²) >= 11 is 2.92. The second kappa shape index (κ2) is 3.85. The molecular formula is C5H7BrF2O2. The third-order valence-corrected chi connectivity index (χ3v) is 1.50. The number of alkyl halides is 3. The van der Waals surface area contributed by atoms with E-state index in [0.29, 0.717) is 5.33 Å². The molecule has 60 valence electrons. The van der Waals surface area contributed by atoms with E-state index in [4.69, 9.17) is 5.11 Å². The van der Waals surface area contributed by atoms with Crippen molar-refractivity contribution in [3.05, 3.63) is 0 Å². The first-order valence-corrected chi connectivity index (χ1v) is 3.80. The van der Waals surface area contributed by atoms with Crippen molar-refractivity contribution in [1.82, 2.24) is 0 Å². The smallest absolute Gasteiger partial charge is 0.374 e. The topological polar surface area (TPSA) is 37.3 Å². The lowest BCUT2D eigenvalue weighted by molar-refractivity contribution is -0.165. The van der Waals surface area contributed by atoms with Crippen molar-refractivity contribution in [2.24, 2.45) is 0 Å². The molecule has 1 N–H and O–H groups in total. The van der Waals surface area contributed by atoms with Gasteiger partial charge < -0.3 is 5.11 Å². The Morgan fingerprint density at radius 1 is 1.60 bits per heavy atom. The SMILES string of the molecule is O=C(O)C(F)(F)CCCBr. The fraction of sp³-hybridized carbons (Fsp3) is 0.800. The summed E-state index contributed by atoms with van der Waals surface area (Å²) < 4.78 is 24.2. The van der Waals surface area contributed by atoms with Crippen LogP contribution in [-0.2, 0) is 4.79 Å². The van der Waals surface area contributed by atoms with E-state index < -0.39 is 18.3 Å². The number of rotatable bonds is 4. The minimum Gasteiger partial charge on any atom is -0.477 e. The molecule has 0 heterocycles. The first kappa shape index (κ1) is 9.81. The van der Waals surface area contributed by atoms with Crippen LogP contribution in [0.25, 0.3) is 0 Å². The van der Waals surface area contributed by atoms with Gasteiger partial charge in [0.25, 0.3) is 0 Å². The highest BCUT2D eigenvalue weighted by atomic mass is 79.9. The number of carboxylic acid groups (broad SMARTS) is 1. The van der Waals surface area contributed by atoms with Crippen LogP contribution in [0.3, 0.4) is 0 Å². The molecule has 0 fully saturated rings. The number of halogens is 3. The molecule has 0 bridgehead atoms. The zero-order valence-electron chi connectivity index (χ0n) is 5.11. The number of hydrogen-bond donors (Lipinski definition) is 1. The van der Waals surface area contributed by atoms with Crippen molar-refractivity contribution in [3.8, 4) is 0 Å². The van der Waals surface area contributed by atoms with E-state index in [1.54, 1.807) is 0 Å². The highest BCUT2D eigenvalue weighted by Gasteiger charge is 2.37. The molecule has 0 aliphatic heterocycles. The van der Waals surface area contributed by atoms with Gasteiger partial charge in [0.05, 0.1) is 0 Å². The van der Waals surface area contributed by atoms with Crippen LogP contribution in [0.5, 0.6) is 0 Å². The van der Waals surface area contributed by atoms with Crippen molar-refractivity contribution < 1.29 is 18.7 Å². The second-order valence-electron chi connectivity index (χ2n) is 1.80. The molecule has 0 atom stereocenters. The van der Waals surface area contributed by atoms with Crippen LogP contribution in [0.2, 0.25) is 0 Å². The van der Waals surface area contributed by atoms with Gasteiger partial charge in [0.15, 0.2) is 0 Å². The summed E-state index contributed by atoms with van der Waals surface area (Å²) in [5, 5.41) is 8.30. The summed E-state index contributed by atoms with van der Waals surface area (Å²) in [5.41, 5.74) is 0. The van der Waals surface area contributed by atoms with Gasteiger partial charge in [0.2, 0.25) is 0 Å². The molecule has 0 aliphatic carbocycles. The molecule has 0 rings (SSSR count). The van der Waals surface area contributed by atoms with E-state index >= 15 is 0 Å². The van der Waals surface area contributed by atoms with Crippen LogP contribution in [0.4, 0.5) is 8.78 Å². The molecule has 0 aliphatic rings. The predicted octanol–water partition coefficient (Wildman–Crippen LogP) is 1.88. The Hall–Kier alpha value is -0.190. The van der Waals surface area contributed by atoms with Crippen molar-refractivity contribution in [3.63, 3.8) is 0 Å². The molecule has 0 aromatic heterocycles. The number of hydrogen-bond acceptors (Lipinski definition) is 1. The largest absolute Gasteiger partial charge is 0.477 e. The van der Waals surface area contributed by atoms with E-state index in [1.165, 1.54) is 0 Å². The number of carboxylic acids is 1. The lowest BCUT2D eigenvalue weighted by Gasteiger charge is -2.08. The summed E-state index contributed by atoms with van der Waals surface area (Å²) in [4.78, 5) is 9.76. The van der Waals surface area contributed by atoms with E-state index in [0.717, 1.165) is 0 Å². The Labute approximate surface area is 65.4 Å². The Morgan fingerprint density at radius 3 is 2.40 bits per heavy atom. The fourth-order valence-electron chi connectivity index (χ4n) is 0.396. The lowest BCUT2D eigenvalue weighted by Crippen LogP contribution is -2.27. The van der Waals surface area contributed by atoms with Crippen molar-refractivity contribution in [2.75, 3.05) is 5.33 Å². The zero-order chi connectivity index (χ0) is 8.20. The molecule has 0 aromatic rings. The standard InChI is InChI=1S/C5H7BrF2O2/c6-3-1-2-5(7,8)4(9)10/h1-3H2,(H,9,10). The van der Waals surface area contributed by atoms with Gasteiger partial charge in [-0.05, 0) is 6.42 Å². The van der Waals surface area contributed by atoms with Gasteiger partial charge in [0.1, 0.15) is 0 Å². The summed E-state index contributed by atoms with van der Waals surface area (Å²) in [6.07, 6.45) is -0.438. The first-order valence-electron chi connectivity index (χ1n) is 2.68. The normalized spacial score (nSPS) is 11.5. The Morgan fingerprint density at radius 2 is 2.10 bits per heavy atom. The predicted molar refractivity (Wildman–Crippen MR) is 35.6 cm³/mol. The maximum Gasteiger partial charge on any atom is 0.374 e. The Bertz CT molecular complexity index is 127. The third-order valence-electron chi connectivity index (χ3n) is 0.937. The molecule has 2 nitrogen and oxygen atoms in total. The Balaban J connectivity index is 3.75. The van der Waals surface area contributed by atoms with Crippen molar-refractivity contribution in [1.29, 1.82) is 0 Å². The summed E-state index contributed by atoms with van der Waals surface area (Å²) in [6, 6.07) is 0. The molecule has 0 unspecified atom stereocenters. The van der Waals surface area contributed by atoms with E-state index in [1.807, 2.05) is 0 Å². The van der Waals surface area contributed by atoms with Gasteiger partial charge in [-0.15, -0.1) is 0 Å². The summed E-state index contributed by atoms with van der Waals surface area (Å²) in [5.74, 6) is -5.61. The van der Waals surface area contributed by atoms with Crippen molar-refractivity contribution in [2.45, 2.75) is 18.8 Å². The van der Waals surface area contributed by atoms with Gasteiger partial charge in [-0.1, -0.05) is 15.9 Å². The van der Waals surface area contributed by atoms with Crippen LogP contribution in [-0.4, -0.2) is 22.3 Å². The van der Waals surface area contributed by atoms with Gasteiger partial charge in [-0.3, -0.25) is 0 Å². The van der Waals surface area contributed by atoms with Crippen LogP contribution in [0.15, 0.2) is 0 Å². The molecule has 0 aromatic carbocycles. The van der Waals surface area contributed by atoms with Crippen LogP contribution in [0, 0.1) is 0 Å². The maximum absolute atomic E-state index is 12.1. The third kappa shape index (κ3) is 3.10. The summed E-state index contributed by atoms with van der Waals surface area (Å²) in [6.45, 7) is 0. The first-order chi connectivity index (χ1) is 4.50. The molecule has 5 heteroatoms. The minimum atomic E-state index is -3.56. The molecule has 0 radical (unpaired) electrons. The molecule has 0 saturated heterocycles. The molecular weight excluding hydrogens is 210 g/mol. The van der Waals surface area contributed by atoms with Crippen molar-refractivity contribution >= 4 is 21.9 Å². The van der Waals surface area contributed by atoms with Gasteiger partial charge in [-0.2, -0.15) is 8.78 Å². The summed E-state index contributed by atoms with van der Waals surface area (Å²) in [7, 11) is 0. The van der Waals surface area contributed by atoms with Crippen LogP contribution >= 0.6 is 15.9 Å². The van der Waals surface area contributed by atoms with Gasteiger partial charge >= 0.3 is 11.9 Å². The fourth-order valence-corrected chi connectivity index (χ4v) is 0.676.